The number of morpholine rings is 1. The van der Waals surface area contributed by atoms with Crippen molar-refractivity contribution in [1.82, 2.24) is 10.2 Å². The molecule has 4 nitrogen and oxygen atoms in total. The maximum Gasteiger partial charge on any atom is 0.261 e. The van der Waals surface area contributed by atoms with Crippen LogP contribution in [-0.2, 0) is 4.74 Å². The Morgan fingerprint density at radius 2 is 2.29 bits per heavy atom. The zero-order valence-corrected chi connectivity index (χ0v) is 10.9. The highest BCUT2D eigenvalue weighted by Gasteiger charge is 2.11. The SMILES string of the molecule is Cc1csc(C(=O)NCCN2CCOCC2)c1. The van der Waals surface area contributed by atoms with E-state index in [1.54, 1.807) is 0 Å². The molecule has 17 heavy (non-hydrogen) atoms. The van der Waals surface area contributed by atoms with Crippen LogP contribution >= 0.6 is 11.3 Å². The van der Waals surface area contributed by atoms with Crippen molar-refractivity contribution in [2.45, 2.75) is 6.92 Å². The molecule has 1 amide bonds. The zero-order chi connectivity index (χ0) is 12.1. The zero-order valence-electron chi connectivity index (χ0n) is 10.1. The number of thiophene rings is 1. The Morgan fingerprint density at radius 3 is 2.94 bits per heavy atom. The molecule has 0 spiro atoms. The molecule has 1 saturated heterocycles. The first-order chi connectivity index (χ1) is 8.25. The van der Waals surface area contributed by atoms with Gasteiger partial charge in [-0.05, 0) is 23.9 Å². The Bertz CT molecular complexity index is 372. The number of hydrogen-bond donors (Lipinski definition) is 1. The van der Waals surface area contributed by atoms with Crippen LogP contribution in [0.25, 0.3) is 0 Å². The lowest BCUT2D eigenvalue weighted by atomic mass is 10.3. The molecule has 1 fully saturated rings. The summed E-state index contributed by atoms with van der Waals surface area (Å²) in [5.41, 5.74) is 1.15. The van der Waals surface area contributed by atoms with Gasteiger partial charge in [-0.2, -0.15) is 0 Å². The van der Waals surface area contributed by atoms with E-state index in [9.17, 15) is 4.79 Å². The minimum absolute atomic E-state index is 0.0383. The minimum atomic E-state index is 0.0383. The molecule has 0 atom stereocenters. The molecule has 0 unspecified atom stereocenters. The maximum absolute atomic E-state index is 11.8. The van der Waals surface area contributed by atoms with Crippen LogP contribution in [0, 0.1) is 6.92 Å². The molecule has 1 aromatic heterocycles. The summed E-state index contributed by atoms with van der Waals surface area (Å²) in [6.45, 7) is 7.15. The van der Waals surface area contributed by atoms with E-state index in [1.807, 2.05) is 18.4 Å². The highest BCUT2D eigenvalue weighted by molar-refractivity contribution is 7.12. The number of carbonyl (C=O) groups is 1. The van der Waals surface area contributed by atoms with Gasteiger partial charge in [-0.3, -0.25) is 9.69 Å². The van der Waals surface area contributed by atoms with Crippen LogP contribution in [0.5, 0.6) is 0 Å². The molecular weight excluding hydrogens is 236 g/mol. The molecule has 1 aliphatic heterocycles. The molecule has 1 aromatic rings. The summed E-state index contributed by atoms with van der Waals surface area (Å²) < 4.78 is 5.27. The van der Waals surface area contributed by atoms with Crippen molar-refractivity contribution in [3.63, 3.8) is 0 Å². The predicted octanol–water partition coefficient (Wildman–Crippen LogP) is 1.12. The van der Waals surface area contributed by atoms with E-state index in [-0.39, 0.29) is 5.91 Å². The van der Waals surface area contributed by atoms with E-state index in [0.717, 1.165) is 43.3 Å². The first-order valence-corrected chi connectivity index (χ1v) is 6.77. The Labute approximate surface area is 106 Å². The highest BCUT2D eigenvalue weighted by Crippen LogP contribution is 2.12. The second kappa shape index (κ2) is 6.14. The van der Waals surface area contributed by atoms with Crippen molar-refractivity contribution in [1.29, 1.82) is 0 Å². The average Bonchev–Trinajstić information content (AvgIpc) is 2.77. The van der Waals surface area contributed by atoms with Crippen LogP contribution in [0.2, 0.25) is 0 Å². The van der Waals surface area contributed by atoms with E-state index in [4.69, 9.17) is 4.74 Å². The summed E-state index contributed by atoms with van der Waals surface area (Å²) in [5, 5.41) is 4.95. The van der Waals surface area contributed by atoms with E-state index >= 15 is 0 Å². The number of aryl methyl sites for hydroxylation is 1. The molecule has 94 valence electrons. The number of ether oxygens (including phenoxy) is 1. The fourth-order valence-electron chi connectivity index (χ4n) is 1.79. The van der Waals surface area contributed by atoms with Gasteiger partial charge in [-0.1, -0.05) is 0 Å². The molecule has 0 bridgehead atoms. The van der Waals surface area contributed by atoms with Crippen molar-refractivity contribution in [3.05, 3.63) is 21.9 Å². The normalized spacial score (nSPS) is 17.0. The molecule has 1 N–H and O–H groups in total. The summed E-state index contributed by atoms with van der Waals surface area (Å²) in [7, 11) is 0. The fourth-order valence-corrected chi connectivity index (χ4v) is 2.60. The van der Waals surface area contributed by atoms with Crippen LogP contribution in [-0.4, -0.2) is 50.2 Å². The first-order valence-electron chi connectivity index (χ1n) is 5.89. The summed E-state index contributed by atoms with van der Waals surface area (Å²) in [6, 6.07) is 1.93. The van der Waals surface area contributed by atoms with Gasteiger partial charge in [0.2, 0.25) is 0 Å². The summed E-state index contributed by atoms with van der Waals surface area (Å²) in [6.07, 6.45) is 0. The third-order valence-electron chi connectivity index (χ3n) is 2.77. The molecule has 0 aliphatic carbocycles. The van der Waals surface area contributed by atoms with Crippen LogP contribution in [0.15, 0.2) is 11.4 Å². The minimum Gasteiger partial charge on any atom is -0.379 e. The van der Waals surface area contributed by atoms with Gasteiger partial charge in [-0.15, -0.1) is 11.3 Å². The monoisotopic (exact) mass is 254 g/mol. The van der Waals surface area contributed by atoms with E-state index in [2.05, 4.69) is 10.2 Å². The molecule has 1 aliphatic rings. The van der Waals surface area contributed by atoms with Gasteiger partial charge in [-0.25, -0.2) is 0 Å². The van der Waals surface area contributed by atoms with Crippen molar-refractivity contribution >= 4 is 17.2 Å². The van der Waals surface area contributed by atoms with Crippen molar-refractivity contribution in [2.75, 3.05) is 39.4 Å². The maximum atomic E-state index is 11.8. The van der Waals surface area contributed by atoms with Gasteiger partial charge in [0.05, 0.1) is 18.1 Å². The number of nitrogens with zero attached hydrogens (tertiary/aromatic N) is 1. The summed E-state index contributed by atoms with van der Waals surface area (Å²) >= 11 is 1.50. The van der Waals surface area contributed by atoms with Gasteiger partial charge in [0, 0.05) is 26.2 Å². The summed E-state index contributed by atoms with van der Waals surface area (Å²) in [5.74, 6) is 0.0383. The number of carbonyl (C=O) groups excluding carboxylic acids is 1. The molecule has 0 saturated carbocycles. The van der Waals surface area contributed by atoms with Crippen molar-refractivity contribution in [3.8, 4) is 0 Å². The topological polar surface area (TPSA) is 41.6 Å². The highest BCUT2D eigenvalue weighted by atomic mass is 32.1. The van der Waals surface area contributed by atoms with Gasteiger partial charge in [0.1, 0.15) is 0 Å². The smallest absolute Gasteiger partial charge is 0.261 e. The number of hydrogen-bond acceptors (Lipinski definition) is 4. The van der Waals surface area contributed by atoms with E-state index in [1.165, 1.54) is 11.3 Å². The molecular formula is C12H18N2O2S. The molecule has 2 rings (SSSR count). The molecule has 5 heteroatoms. The first kappa shape index (κ1) is 12.5. The van der Waals surface area contributed by atoms with Gasteiger partial charge < -0.3 is 10.1 Å². The Balaban J connectivity index is 1.69. The van der Waals surface area contributed by atoms with Crippen LogP contribution in [0.3, 0.4) is 0 Å². The third kappa shape index (κ3) is 3.80. The molecule has 2 heterocycles. The Kier molecular flexibility index (Phi) is 4.53. The van der Waals surface area contributed by atoms with Crippen molar-refractivity contribution in [2.24, 2.45) is 0 Å². The number of amides is 1. The molecule has 0 radical (unpaired) electrons. The van der Waals surface area contributed by atoms with E-state index in [0.29, 0.717) is 6.54 Å². The van der Waals surface area contributed by atoms with Crippen molar-refractivity contribution < 1.29 is 9.53 Å². The summed E-state index contributed by atoms with van der Waals surface area (Å²) in [4.78, 5) is 14.9. The van der Waals surface area contributed by atoms with E-state index < -0.39 is 0 Å². The predicted molar refractivity (Wildman–Crippen MR) is 68.6 cm³/mol. The quantitative estimate of drug-likeness (QED) is 0.875. The Hall–Kier alpha value is -0.910. The standard InChI is InChI=1S/C12H18N2O2S/c1-10-8-11(17-9-10)12(15)13-2-3-14-4-6-16-7-5-14/h8-9H,2-7H2,1H3,(H,13,15). The Morgan fingerprint density at radius 1 is 1.53 bits per heavy atom. The second-order valence-electron chi connectivity index (χ2n) is 4.20. The van der Waals surface area contributed by atoms with Crippen LogP contribution in [0.4, 0.5) is 0 Å². The number of nitrogens with one attached hydrogen (secondary N) is 1. The third-order valence-corrected chi connectivity index (χ3v) is 3.82. The number of rotatable bonds is 4. The molecule has 0 aromatic carbocycles. The van der Waals surface area contributed by atoms with Crippen LogP contribution in [0.1, 0.15) is 15.2 Å². The lowest BCUT2D eigenvalue weighted by molar-refractivity contribution is 0.0383. The van der Waals surface area contributed by atoms with Gasteiger partial charge in [0.25, 0.3) is 5.91 Å². The average molecular weight is 254 g/mol. The lowest BCUT2D eigenvalue weighted by Crippen LogP contribution is -2.41. The van der Waals surface area contributed by atoms with Gasteiger partial charge >= 0.3 is 0 Å². The van der Waals surface area contributed by atoms with Crippen LogP contribution < -0.4 is 5.32 Å². The van der Waals surface area contributed by atoms with Gasteiger partial charge in [0.15, 0.2) is 0 Å². The lowest BCUT2D eigenvalue weighted by Gasteiger charge is -2.26. The second-order valence-corrected chi connectivity index (χ2v) is 5.11. The fraction of sp³-hybridized carbons (Fsp3) is 0.583. The largest absolute Gasteiger partial charge is 0.379 e.